The summed E-state index contributed by atoms with van der Waals surface area (Å²) in [4.78, 5) is 24.1. The SMILES string of the molecule is O=C(O)[C@@H]1C[C@@H](O)CN1C(=O)NCCC1CCOC1. The summed E-state index contributed by atoms with van der Waals surface area (Å²) in [6.45, 7) is 2.09. The largest absolute Gasteiger partial charge is 0.480 e. The van der Waals surface area contributed by atoms with Crippen LogP contribution in [0.25, 0.3) is 0 Å². The molecule has 19 heavy (non-hydrogen) atoms. The standard InChI is InChI=1S/C12H20N2O5/c15-9-5-10(11(16)17)14(6-9)12(18)13-3-1-8-2-4-19-7-8/h8-10,15H,1-7H2,(H,13,18)(H,16,17)/t8?,9-,10+/m1/s1. The molecule has 2 saturated heterocycles. The first kappa shape index (κ1) is 14.1. The maximum Gasteiger partial charge on any atom is 0.326 e. The Labute approximate surface area is 111 Å². The number of carboxylic acid groups (broad SMARTS) is 1. The van der Waals surface area contributed by atoms with Gasteiger partial charge in [0, 0.05) is 32.7 Å². The third-order valence-corrected chi connectivity index (χ3v) is 3.68. The number of amides is 2. The Morgan fingerprint density at radius 3 is 2.84 bits per heavy atom. The number of β-amino-alcohol motifs (C(OH)–C–C–N with tert-alkyl or cyclic N) is 1. The molecule has 0 aliphatic carbocycles. The van der Waals surface area contributed by atoms with Crippen molar-refractivity contribution in [3.63, 3.8) is 0 Å². The fraction of sp³-hybridized carbons (Fsp3) is 0.833. The average molecular weight is 272 g/mol. The molecule has 2 aliphatic rings. The van der Waals surface area contributed by atoms with E-state index in [0.717, 1.165) is 26.1 Å². The van der Waals surface area contributed by atoms with Crippen molar-refractivity contribution in [1.29, 1.82) is 0 Å². The van der Waals surface area contributed by atoms with E-state index in [4.69, 9.17) is 9.84 Å². The van der Waals surface area contributed by atoms with Gasteiger partial charge in [0.1, 0.15) is 6.04 Å². The second-order valence-corrected chi connectivity index (χ2v) is 5.15. The number of ether oxygens (including phenoxy) is 1. The summed E-state index contributed by atoms with van der Waals surface area (Å²) in [5.74, 6) is -0.601. The van der Waals surface area contributed by atoms with Gasteiger partial charge in [0.15, 0.2) is 0 Å². The minimum Gasteiger partial charge on any atom is -0.480 e. The van der Waals surface area contributed by atoms with Gasteiger partial charge < -0.3 is 25.2 Å². The van der Waals surface area contributed by atoms with Crippen LogP contribution in [0.1, 0.15) is 19.3 Å². The van der Waals surface area contributed by atoms with Crippen LogP contribution in [-0.2, 0) is 9.53 Å². The Hall–Kier alpha value is -1.34. The van der Waals surface area contributed by atoms with Gasteiger partial charge in [-0.05, 0) is 18.8 Å². The summed E-state index contributed by atoms with van der Waals surface area (Å²) in [6.07, 6.45) is 1.19. The number of aliphatic carboxylic acids is 1. The van der Waals surface area contributed by atoms with Crippen molar-refractivity contribution in [1.82, 2.24) is 10.2 Å². The third-order valence-electron chi connectivity index (χ3n) is 3.68. The Balaban J connectivity index is 1.76. The van der Waals surface area contributed by atoms with Crippen LogP contribution >= 0.6 is 0 Å². The van der Waals surface area contributed by atoms with Crippen molar-refractivity contribution in [2.24, 2.45) is 5.92 Å². The second kappa shape index (κ2) is 6.21. The summed E-state index contributed by atoms with van der Waals surface area (Å²) in [5.41, 5.74) is 0. The summed E-state index contributed by atoms with van der Waals surface area (Å²) in [6, 6.07) is -1.34. The number of aliphatic hydroxyl groups is 1. The van der Waals surface area contributed by atoms with Crippen LogP contribution in [0.4, 0.5) is 4.79 Å². The molecule has 0 radical (unpaired) electrons. The number of urea groups is 1. The van der Waals surface area contributed by atoms with Gasteiger partial charge in [0.2, 0.25) is 0 Å². The van der Waals surface area contributed by atoms with Crippen LogP contribution in [-0.4, -0.2) is 65.6 Å². The lowest BCUT2D eigenvalue weighted by Crippen LogP contribution is -2.46. The molecule has 108 valence electrons. The molecule has 1 unspecified atom stereocenters. The number of hydrogen-bond acceptors (Lipinski definition) is 4. The van der Waals surface area contributed by atoms with E-state index in [2.05, 4.69) is 5.32 Å². The van der Waals surface area contributed by atoms with Crippen LogP contribution in [0.2, 0.25) is 0 Å². The number of nitrogens with one attached hydrogen (secondary N) is 1. The zero-order chi connectivity index (χ0) is 13.8. The molecule has 7 nitrogen and oxygen atoms in total. The van der Waals surface area contributed by atoms with Crippen LogP contribution in [0.15, 0.2) is 0 Å². The number of aliphatic hydroxyl groups excluding tert-OH is 1. The molecule has 0 aromatic carbocycles. The number of carbonyl (C=O) groups excluding carboxylic acids is 1. The van der Waals surface area contributed by atoms with Crippen molar-refractivity contribution in [2.75, 3.05) is 26.3 Å². The smallest absolute Gasteiger partial charge is 0.326 e. The normalized spacial score (nSPS) is 30.6. The molecule has 0 bridgehead atoms. The molecule has 0 aromatic rings. The number of carbonyl (C=O) groups is 2. The Morgan fingerprint density at radius 1 is 1.42 bits per heavy atom. The van der Waals surface area contributed by atoms with E-state index in [1.807, 2.05) is 0 Å². The van der Waals surface area contributed by atoms with Crippen molar-refractivity contribution in [3.05, 3.63) is 0 Å². The van der Waals surface area contributed by atoms with Gasteiger partial charge in [0.05, 0.1) is 6.10 Å². The summed E-state index contributed by atoms with van der Waals surface area (Å²) >= 11 is 0. The van der Waals surface area contributed by atoms with Gasteiger partial charge in [-0.25, -0.2) is 9.59 Å². The molecule has 0 spiro atoms. The molecular weight excluding hydrogens is 252 g/mol. The fourth-order valence-electron chi connectivity index (χ4n) is 2.57. The average Bonchev–Trinajstić information content (AvgIpc) is 2.98. The molecule has 7 heteroatoms. The van der Waals surface area contributed by atoms with E-state index in [0.29, 0.717) is 12.5 Å². The van der Waals surface area contributed by atoms with Crippen LogP contribution in [0, 0.1) is 5.92 Å². The molecule has 0 aromatic heterocycles. The zero-order valence-electron chi connectivity index (χ0n) is 10.7. The molecule has 2 fully saturated rings. The third kappa shape index (κ3) is 3.57. The lowest BCUT2D eigenvalue weighted by Gasteiger charge is -2.21. The Kier molecular flexibility index (Phi) is 4.60. The lowest BCUT2D eigenvalue weighted by molar-refractivity contribution is -0.141. The maximum atomic E-state index is 11.9. The highest BCUT2D eigenvalue weighted by molar-refractivity contribution is 5.83. The van der Waals surface area contributed by atoms with E-state index in [9.17, 15) is 14.7 Å². The Morgan fingerprint density at radius 2 is 2.21 bits per heavy atom. The highest BCUT2D eigenvalue weighted by Crippen LogP contribution is 2.19. The van der Waals surface area contributed by atoms with Gasteiger partial charge in [0.25, 0.3) is 0 Å². The summed E-state index contributed by atoms with van der Waals surface area (Å²) in [5, 5.41) is 21.2. The number of carboxylic acids is 1. The number of hydrogen-bond donors (Lipinski definition) is 3. The van der Waals surface area contributed by atoms with Gasteiger partial charge >= 0.3 is 12.0 Å². The van der Waals surface area contributed by atoms with Gasteiger partial charge in [-0.1, -0.05) is 0 Å². The second-order valence-electron chi connectivity index (χ2n) is 5.15. The molecule has 3 atom stereocenters. The predicted molar refractivity (Wildman–Crippen MR) is 65.7 cm³/mol. The van der Waals surface area contributed by atoms with E-state index >= 15 is 0 Å². The van der Waals surface area contributed by atoms with Crippen LogP contribution in [0.5, 0.6) is 0 Å². The van der Waals surface area contributed by atoms with E-state index in [1.54, 1.807) is 0 Å². The molecule has 0 saturated carbocycles. The molecule has 2 rings (SSSR count). The summed E-state index contributed by atoms with van der Waals surface area (Å²) in [7, 11) is 0. The topological polar surface area (TPSA) is 99.1 Å². The molecule has 2 amide bonds. The fourth-order valence-corrected chi connectivity index (χ4v) is 2.57. The van der Waals surface area contributed by atoms with Gasteiger partial charge in [-0.15, -0.1) is 0 Å². The van der Waals surface area contributed by atoms with E-state index in [-0.39, 0.29) is 13.0 Å². The maximum absolute atomic E-state index is 11.9. The van der Waals surface area contributed by atoms with Crippen LogP contribution in [0.3, 0.4) is 0 Å². The van der Waals surface area contributed by atoms with Crippen molar-refractivity contribution in [3.8, 4) is 0 Å². The monoisotopic (exact) mass is 272 g/mol. The van der Waals surface area contributed by atoms with Gasteiger partial charge in [-0.3, -0.25) is 0 Å². The zero-order valence-corrected chi connectivity index (χ0v) is 10.7. The van der Waals surface area contributed by atoms with Gasteiger partial charge in [-0.2, -0.15) is 0 Å². The summed E-state index contributed by atoms with van der Waals surface area (Å²) < 4.78 is 5.24. The highest BCUT2D eigenvalue weighted by Gasteiger charge is 2.38. The number of rotatable bonds is 4. The molecule has 2 aliphatic heterocycles. The number of nitrogens with zero attached hydrogens (tertiary/aromatic N) is 1. The van der Waals surface area contributed by atoms with E-state index in [1.165, 1.54) is 4.90 Å². The quantitative estimate of drug-likeness (QED) is 0.649. The Bertz CT molecular complexity index is 343. The first-order valence-electron chi connectivity index (χ1n) is 6.61. The van der Waals surface area contributed by atoms with Crippen molar-refractivity contribution in [2.45, 2.75) is 31.4 Å². The number of likely N-dealkylation sites (tertiary alicyclic amines) is 1. The predicted octanol–water partition coefficient (Wildman–Crippen LogP) is -0.358. The first-order valence-corrected chi connectivity index (χ1v) is 6.61. The first-order chi connectivity index (χ1) is 9.08. The van der Waals surface area contributed by atoms with Crippen molar-refractivity contribution < 1.29 is 24.5 Å². The molecule has 2 heterocycles. The minimum atomic E-state index is -1.07. The van der Waals surface area contributed by atoms with Crippen molar-refractivity contribution >= 4 is 12.0 Å². The van der Waals surface area contributed by atoms with Crippen LogP contribution < -0.4 is 5.32 Å². The lowest BCUT2D eigenvalue weighted by atomic mass is 10.1. The highest BCUT2D eigenvalue weighted by atomic mass is 16.5. The molecule has 3 N–H and O–H groups in total. The van der Waals surface area contributed by atoms with E-state index < -0.39 is 24.1 Å². The molecular formula is C12H20N2O5. The minimum absolute atomic E-state index is 0.0787.